The Bertz CT molecular complexity index is 794. The van der Waals surface area contributed by atoms with Gasteiger partial charge in [-0.05, 0) is 42.9 Å². The van der Waals surface area contributed by atoms with Gasteiger partial charge in [-0.1, -0.05) is 54.6 Å². The largest absolute Gasteiger partial charge is 0.357 e. The van der Waals surface area contributed by atoms with Crippen molar-refractivity contribution >= 4 is 35.8 Å². The van der Waals surface area contributed by atoms with Crippen molar-refractivity contribution < 1.29 is 4.79 Å². The summed E-state index contributed by atoms with van der Waals surface area (Å²) in [6, 6.07) is 18.8. The molecule has 29 heavy (non-hydrogen) atoms. The van der Waals surface area contributed by atoms with E-state index < -0.39 is 0 Å². The molecule has 0 aromatic heterocycles. The van der Waals surface area contributed by atoms with Crippen LogP contribution in [0.1, 0.15) is 30.0 Å². The highest BCUT2D eigenvalue weighted by Gasteiger charge is 2.19. The molecule has 156 valence electrons. The Kier molecular flexibility index (Phi) is 9.97. The number of amides is 1. The Morgan fingerprint density at radius 1 is 1.03 bits per heavy atom. The van der Waals surface area contributed by atoms with E-state index in [1.807, 2.05) is 24.0 Å². The van der Waals surface area contributed by atoms with Crippen LogP contribution in [0.4, 0.5) is 0 Å². The highest BCUT2D eigenvalue weighted by atomic mass is 127. The zero-order valence-electron chi connectivity index (χ0n) is 17.1. The van der Waals surface area contributed by atoms with Gasteiger partial charge in [-0.3, -0.25) is 4.79 Å². The number of benzene rings is 2. The average Bonchev–Trinajstić information content (AvgIpc) is 2.75. The molecule has 3 rings (SSSR count). The highest BCUT2D eigenvalue weighted by Crippen LogP contribution is 2.18. The monoisotopic (exact) mass is 506 g/mol. The molecule has 5 nitrogen and oxygen atoms in total. The Labute approximate surface area is 191 Å². The number of nitrogens with zero attached hydrogens (tertiary/aromatic N) is 2. The minimum Gasteiger partial charge on any atom is -0.357 e. The number of aliphatic imine (C=N–C) groups is 1. The van der Waals surface area contributed by atoms with Gasteiger partial charge >= 0.3 is 0 Å². The topological polar surface area (TPSA) is 56.7 Å². The Morgan fingerprint density at radius 2 is 1.76 bits per heavy atom. The maximum atomic E-state index is 12.6. The van der Waals surface area contributed by atoms with Gasteiger partial charge in [0.25, 0.3) is 0 Å². The number of aryl methyl sites for hydroxylation is 1. The quantitative estimate of drug-likeness (QED) is 0.262. The molecule has 0 radical (unpaired) electrons. The summed E-state index contributed by atoms with van der Waals surface area (Å²) in [6.45, 7) is 5.26. The van der Waals surface area contributed by atoms with Crippen molar-refractivity contribution in [3.63, 3.8) is 0 Å². The van der Waals surface area contributed by atoms with Crippen molar-refractivity contribution in [3.05, 3.63) is 71.3 Å². The first kappa shape index (κ1) is 23.2. The van der Waals surface area contributed by atoms with Gasteiger partial charge in [0.2, 0.25) is 5.91 Å². The Morgan fingerprint density at radius 3 is 2.52 bits per heavy atom. The van der Waals surface area contributed by atoms with Crippen LogP contribution in [0.2, 0.25) is 0 Å². The van der Waals surface area contributed by atoms with Gasteiger partial charge in [-0.25, -0.2) is 4.99 Å². The van der Waals surface area contributed by atoms with Gasteiger partial charge in [-0.2, -0.15) is 0 Å². The van der Waals surface area contributed by atoms with Crippen LogP contribution in [0.15, 0.2) is 59.6 Å². The summed E-state index contributed by atoms with van der Waals surface area (Å²) in [5.41, 5.74) is 3.94. The highest BCUT2D eigenvalue weighted by molar-refractivity contribution is 14.0. The van der Waals surface area contributed by atoms with Crippen LogP contribution in [-0.2, 0) is 24.2 Å². The molecule has 0 bridgehead atoms. The maximum absolute atomic E-state index is 12.6. The molecule has 2 N–H and O–H groups in total. The van der Waals surface area contributed by atoms with E-state index in [2.05, 4.69) is 58.1 Å². The summed E-state index contributed by atoms with van der Waals surface area (Å²) in [7, 11) is 0. The Hall–Kier alpha value is -2.09. The first-order valence-corrected chi connectivity index (χ1v) is 10.2. The number of fused-ring (bicyclic) bond motifs is 1. The molecule has 2 aromatic rings. The number of halogens is 1. The van der Waals surface area contributed by atoms with E-state index >= 15 is 0 Å². The summed E-state index contributed by atoms with van der Waals surface area (Å²) >= 11 is 0. The second-order valence-electron chi connectivity index (χ2n) is 7.05. The molecular weight excluding hydrogens is 475 g/mol. The van der Waals surface area contributed by atoms with Crippen LogP contribution in [0.3, 0.4) is 0 Å². The summed E-state index contributed by atoms with van der Waals surface area (Å²) in [6.07, 6.45) is 2.97. The smallest absolute Gasteiger partial charge is 0.244 e. The van der Waals surface area contributed by atoms with Crippen LogP contribution in [0, 0.1) is 0 Å². The van der Waals surface area contributed by atoms with E-state index in [9.17, 15) is 4.79 Å². The van der Waals surface area contributed by atoms with Crippen molar-refractivity contribution in [1.29, 1.82) is 0 Å². The average molecular weight is 506 g/mol. The van der Waals surface area contributed by atoms with Gasteiger partial charge < -0.3 is 15.5 Å². The molecule has 1 aliphatic rings. The lowest BCUT2D eigenvalue weighted by Crippen LogP contribution is -2.40. The molecule has 1 aliphatic heterocycles. The maximum Gasteiger partial charge on any atom is 0.244 e. The fraction of sp³-hybridized carbons (Fsp3) is 0.391. The van der Waals surface area contributed by atoms with Crippen molar-refractivity contribution in [2.24, 2.45) is 4.99 Å². The molecule has 0 atom stereocenters. The number of guanidine groups is 1. The first-order valence-electron chi connectivity index (χ1n) is 10.2. The number of rotatable bonds is 7. The van der Waals surface area contributed by atoms with Gasteiger partial charge in [0.1, 0.15) is 6.54 Å². The molecule has 0 unspecified atom stereocenters. The molecule has 0 saturated carbocycles. The number of hydrogen-bond donors (Lipinski definition) is 2. The van der Waals surface area contributed by atoms with Gasteiger partial charge in [-0.15, -0.1) is 24.0 Å². The van der Waals surface area contributed by atoms with Gasteiger partial charge in [0.15, 0.2) is 5.96 Å². The number of nitrogens with one attached hydrogen (secondary N) is 2. The van der Waals surface area contributed by atoms with Crippen LogP contribution < -0.4 is 10.6 Å². The van der Waals surface area contributed by atoms with E-state index in [1.54, 1.807) is 0 Å². The van der Waals surface area contributed by atoms with Crippen molar-refractivity contribution in [1.82, 2.24) is 15.5 Å². The van der Waals surface area contributed by atoms with Gasteiger partial charge in [0.05, 0.1) is 0 Å². The third-order valence-electron chi connectivity index (χ3n) is 4.98. The summed E-state index contributed by atoms with van der Waals surface area (Å²) < 4.78 is 0. The molecule has 0 aliphatic carbocycles. The van der Waals surface area contributed by atoms with E-state index in [0.29, 0.717) is 12.5 Å². The summed E-state index contributed by atoms with van der Waals surface area (Å²) in [5.74, 6) is 0.789. The minimum absolute atomic E-state index is 0. The molecule has 1 heterocycles. The van der Waals surface area contributed by atoms with E-state index in [-0.39, 0.29) is 36.4 Å². The van der Waals surface area contributed by atoms with Crippen LogP contribution in [0.25, 0.3) is 0 Å². The lowest BCUT2D eigenvalue weighted by atomic mass is 10.00. The lowest BCUT2D eigenvalue weighted by molar-refractivity contribution is -0.130. The molecule has 2 aromatic carbocycles. The molecule has 0 spiro atoms. The minimum atomic E-state index is 0. The van der Waals surface area contributed by atoms with Gasteiger partial charge in [0, 0.05) is 26.2 Å². The number of hydrogen-bond acceptors (Lipinski definition) is 2. The fourth-order valence-electron chi connectivity index (χ4n) is 3.44. The SMILES string of the molecule is CCNC(=NCC(=O)N1CCc2ccccc2C1)NCCCc1ccccc1.I. The standard InChI is InChI=1S/C23H30N4O.HI/c1-2-24-23(25-15-8-11-19-9-4-3-5-10-19)26-17-22(28)27-16-14-20-12-6-7-13-21(20)18-27;/h3-7,9-10,12-13H,2,8,11,14-18H2,1H3,(H2,24,25,26);1H. The van der Waals surface area contributed by atoms with Crippen LogP contribution >= 0.6 is 24.0 Å². The molecule has 1 amide bonds. The number of carbonyl (C=O) groups excluding carboxylic acids is 1. The molecular formula is C23H31IN4O. The predicted molar refractivity (Wildman–Crippen MR) is 130 cm³/mol. The lowest BCUT2D eigenvalue weighted by Gasteiger charge is -2.28. The molecule has 6 heteroatoms. The predicted octanol–water partition coefficient (Wildman–Crippen LogP) is 3.38. The van der Waals surface area contributed by atoms with Crippen molar-refractivity contribution in [2.75, 3.05) is 26.2 Å². The van der Waals surface area contributed by atoms with Crippen LogP contribution in [-0.4, -0.2) is 42.9 Å². The van der Waals surface area contributed by atoms with E-state index in [1.165, 1.54) is 16.7 Å². The third-order valence-corrected chi connectivity index (χ3v) is 4.98. The normalized spacial score (nSPS) is 13.3. The summed E-state index contributed by atoms with van der Waals surface area (Å²) in [4.78, 5) is 19.0. The van der Waals surface area contributed by atoms with Crippen molar-refractivity contribution in [2.45, 2.75) is 32.7 Å². The first-order chi connectivity index (χ1) is 13.8. The molecule has 0 saturated heterocycles. The van der Waals surface area contributed by atoms with Crippen molar-refractivity contribution in [3.8, 4) is 0 Å². The van der Waals surface area contributed by atoms with Crippen LogP contribution in [0.5, 0.6) is 0 Å². The third kappa shape index (κ3) is 7.34. The molecule has 0 fully saturated rings. The van der Waals surface area contributed by atoms with E-state index in [4.69, 9.17) is 0 Å². The second-order valence-corrected chi connectivity index (χ2v) is 7.05. The summed E-state index contributed by atoms with van der Waals surface area (Å²) in [5, 5.41) is 6.56. The zero-order valence-corrected chi connectivity index (χ0v) is 19.4. The second kappa shape index (κ2) is 12.5. The van der Waals surface area contributed by atoms with E-state index in [0.717, 1.165) is 38.9 Å². The Balaban J connectivity index is 0.00000300. The zero-order chi connectivity index (χ0) is 19.6. The number of carbonyl (C=O) groups is 1. The fourth-order valence-corrected chi connectivity index (χ4v) is 3.44.